The molecule has 5 rings (SSSR count). The Kier molecular flexibility index (Phi) is 11.8. The molecule has 11 heteroatoms. The molecular formula is C34H37KN4O6. The standard InChI is InChI=1S/C34H36N4O6.K.H/c1-5-9-29-35-28(6-2)30(42-24-16-18-25(19-17-24)43-34(3,4)21-39)32(40)38(29)20-22-12-14-23(15-13-22)26-10-7-8-11-27(26)31-36-33(41)44-37-31;;/h7-8,10-19,39H,5-6,9,20-21H2,1-4H3,(H,36,37,41);;. The number of hydrogen-bond acceptors (Lipinski definition) is 8. The Bertz CT molecular complexity index is 1840. The quantitative estimate of drug-likeness (QED) is 0.181. The third kappa shape index (κ3) is 8.29. The number of aliphatic hydroxyl groups is 1. The summed E-state index contributed by atoms with van der Waals surface area (Å²) in [6.07, 6.45) is 2.02. The van der Waals surface area contributed by atoms with Gasteiger partial charge in [0.2, 0.25) is 5.75 Å². The molecule has 0 bridgehead atoms. The van der Waals surface area contributed by atoms with Gasteiger partial charge in [-0.2, -0.15) is 0 Å². The average Bonchev–Trinajstić information content (AvgIpc) is 3.47. The number of aryl methyl sites for hydroxylation is 2. The molecule has 0 spiro atoms. The van der Waals surface area contributed by atoms with Crippen molar-refractivity contribution in [1.82, 2.24) is 19.7 Å². The molecule has 0 radical (unpaired) electrons. The summed E-state index contributed by atoms with van der Waals surface area (Å²) in [6, 6.07) is 22.5. The Labute approximate surface area is 303 Å². The van der Waals surface area contributed by atoms with Crippen molar-refractivity contribution in [3.63, 3.8) is 0 Å². The molecule has 10 nitrogen and oxygen atoms in total. The first-order valence-corrected chi connectivity index (χ1v) is 14.7. The van der Waals surface area contributed by atoms with E-state index in [2.05, 4.69) is 17.1 Å². The van der Waals surface area contributed by atoms with Crippen LogP contribution in [0.1, 0.15) is 51.2 Å². The summed E-state index contributed by atoms with van der Waals surface area (Å²) in [5.41, 5.74) is 3.11. The zero-order valence-corrected chi connectivity index (χ0v) is 25.3. The van der Waals surface area contributed by atoms with E-state index in [1.165, 1.54) is 0 Å². The monoisotopic (exact) mass is 636 g/mol. The third-order valence-electron chi connectivity index (χ3n) is 7.13. The number of aromatic amines is 1. The number of benzene rings is 3. The number of hydrogen-bond donors (Lipinski definition) is 2. The van der Waals surface area contributed by atoms with Crippen molar-refractivity contribution in [2.24, 2.45) is 0 Å². The van der Waals surface area contributed by atoms with Gasteiger partial charge in [-0.15, -0.1) is 0 Å². The van der Waals surface area contributed by atoms with Crippen LogP contribution in [0.4, 0.5) is 0 Å². The molecule has 0 amide bonds. The first-order chi connectivity index (χ1) is 21.2. The van der Waals surface area contributed by atoms with Crippen LogP contribution in [0.5, 0.6) is 17.2 Å². The van der Waals surface area contributed by atoms with E-state index in [1.807, 2.05) is 55.5 Å². The van der Waals surface area contributed by atoms with Crippen LogP contribution in [0.2, 0.25) is 0 Å². The Hall–Kier alpha value is -3.32. The molecule has 3 aromatic carbocycles. The predicted molar refractivity (Wildman–Crippen MR) is 174 cm³/mol. The fourth-order valence-electron chi connectivity index (χ4n) is 4.85. The molecule has 2 heterocycles. The van der Waals surface area contributed by atoms with Gasteiger partial charge in [0.05, 0.1) is 18.8 Å². The van der Waals surface area contributed by atoms with Crippen LogP contribution < -0.4 is 20.8 Å². The Morgan fingerprint density at radius 1 is 0.933 bits per heavy atom. The number of aliphatic hydroxyl groups excluding tert-OH is 1. The zero-order chi connectivity index (χ0) is 31.3. The Morgan fingerprint density at radius 3 is 2.20 bits per heavy atom. The molecule has 45 heavy (non-hydrogen) atoms. The minimum atomic E-state index is -0.719. The van der Waals surface area contributed by atoms with Crippen LogP contribution in [0.15, 0.2) is 86.9 Å². The number of nitrogens with one attached hydrogen (secondary N) is 1. The van der Waals surface area contributed by atoms with Gasteiger partial charge in [-0.1, -0.05) is 67.5 Å². The fraction of sp³-hybridized carbons (Fsp3) is 0.294. The van der Waals surface area contributed by atoms with Gasteiger partial charge in [0.1, 0.15) is 22.9 Å². The fourth-order valence-corrected chi connectivity index (χ4v) is 4.85. The summed E-state index contributed by atoms with van der Waals surface area (Å²) in [4.78, 5) is 32.9. The van der Waals surface area contributed by atoms with Crippen molar-refractivity contribution in [1.29, 1.82) is 0 Å². The maximum absolute atomic E-state index is 13.9. The van der Waals surface area contributed by atoms with E-state index >= 15 is 0 Å². The van der Waals surface area contributed by atoms with E-state index < -0.39 is 11.4 Å². The average molecular weight is 637 g/mol. The Balaban J connectivity index is 0.00000461. The second-order valence-corrected chi connectivity index (χ2v) is 11.1. The molecule has 0 aliphatic rings. The van der Waals surface area contributed by atoms with E-state index in [-0.39, 0.29) is 69.3 Å². The van der Waals surface area contributed by atoms with Gasteiger partial charge >= 0.3 is 57.1 Å². The molecule has 5 aromatic rings. The molecule has 0 atom stereocenters. The molecule has 0 saturated heterocycles. The van der Waals surface area contributed by atoms with Gasteiger partial charge in [-0.05, 0) is 67.6 Å². The molecule has 2 aromatic heterocycles. The Morgan fingerprint density at radius 2 is 1.60 bits per heavy atom. The second kappa shape index (κ2) is 15.3. The van der Waals surface area contributed by atoms with Crippen molar-refractivity contribution in [2.45, 2.75) is 59.1 Å². The molecule has 0 fully saturated rings. The van der Waals surface area contributed by atoms with Gasteiger partial charge in [0.25, 0.3) is 5.56 Å². The molecule has 230 valence electrons. The van der Waals surface area contributed by atoms with E-state index in [1.54, 1.807) is 42.7 Å². The van der Waals surface area contributed by atoms with E-state index in [9.17, 15) is 14.7 Å². The van der Waals surface area contributed by atoms with Crippen LogP contribution in [0.25, 0.3) is 22.5 Å². The van der Waals surface area contributed by atoms with Crippen molar-refractivity contribution >= 4 is 51.4 Å². The van der Waals surface area contributed by atoms with Gasteiger partial charge in [0, 0.05) is 12.0 Å². The predicted octanol–water partition coefficient (Wildman–Crippen LogP) is 5.11. The maximum atomic E-state index is 13.9. The van der Waals surface area contributed by atoms with Crippen molar-refractivity contribution < 1.29 is 19.1 Å². The normalized spacial score (nSPS) is 11.2. The van der Waals surface area contributed by atoms with Crippen LogP contribution in [-0.4, -0.2) is 88.4 Å². The van der Waals surface area contributed by atoms with E-state index in [0.717, 1.165) is 28.7 Å². The number of ether oxygens (including phenoxy) is 2. The van der Waals surface area contributed by atoms with Gasteiger partial charge in [-0.3, -0.25) is 18.9 Å². The van der Waals surface area contributed by atoms with E-state index in [4.69, 9.17) is 19.0 Å². The summed E-state index contributed by atoms with van der Waals surface area (Å²) in [7, 11) is 0. The zero-order valence-electron chi connectivity index (χ0n) is 25.3. The van der Waals surface area contributed by atoms with Crippen molar-refractivity contribution in [3.8, 4) is 39.8 Å². The van der Waals surface area contributed by atoms with Crippen LogP contribution in [0.3, 0.4) is 0 Å². The number of aromatic nitrogens is 4. The summed E-state index contributed by atoms with van der Waals surface area (Å²) >= 11 is 0. The van der Waals surface area contributed by atoms with Crippen molar-refractivity contribution in [2.75, 3.05) is 6.61 Å². The van der Waals surface area contributed by atoms with Gasteiger partial charge in [-0.25, -0.2) is 9.78 Å². The minimum absolute atomic E-state index is 0. The first kappa shape index (κ1) is 34.5. The molecule has 0 saturated carbocycles. The van der Waals surface area contributed by atoms with Gasteiger partial charge in [0.15, 0.2) is 5.82 Å². The molecule has 0 aliphatic carbocycles. The molecule has 0 unspecified atom stereocenters. The molecule has 2 N–H and O–H groups in total. The van der Waals surface area contributed by atoms with Crippen molar-refractivity contribution in [3.05, 3.63) is 111 Å². The summed E-state index contributed by atoms with van der Waals surface area (Å²) in [5, 5.41) is 13.3. The van der Waals surface area contributed by atoms with Crippen LogP contribution in [-0.2, 0) is 19.4 Å². The number of rotatable bonds is 12. The summed E-state index contributed by atoms with van der Waals surface area (Å²) < 4.78 is 18.3. The first-order valence-electron chi connectivity index (χ1n) is 14.7. The SMILES string of the molecule is CCCc1nc(CC)c(Oc2ccc(OC(C)(C)CO)cc2)c(=O)n1Cc1ccc(-c2ccccc2-c2noc(=O)[nH]2)cc1.[KH]. The number of nitrogens with zero attached hydrogens (tertiary/aromatic N) is 3. The number of H-pyrrole nitrogens is 1. The van der Waals surface area contributed by atoms with Crippen LogP contribution >= 0.6 is 0 Å². The second-order valence-electron chi connectivity index (χ2n) is 11.1. The summed E-state index contributed by atoms with van der Waals surface area (Å²) in [5.74, 6) is 1.72. The third-order valence-corrected chi connectivity index (χ3v) is 7.13. The molecule has 0 aliphatic heterocycles. The topological polar surface area (TPSA) is 132 Å². The van der Waals surface area contributed by atoms with Gasteiger partial charge < -0.3 is 14.6 Å². The molecular weight excluding hydrogens is 599 g/mol. The van der Waals surface area contributed by atoms with Crippen LogP contribution in [0, 0.1) is 0 Å². The summed E-state index contributed by atoms with van der Waals surface area (Å²) in [6.45, 7) is 7.80. The van der Waals surface area contributed by atoms with E-state index in [0.29, 0.717) is 48.2 Å².